The van der Waals surface area contributed by atoms with Gasteiger partial charge in [-0.25, -0.2) is 4.21 Å². The van der Waals surface area contributed by atoms with Gasteiger partial charge in [-0.05, 0) is 5.56 Å². The third-order valence-electron chi connectivity index (χ3n) is 1.63. The SMILES string of the molecule is CN=CC(c1ccccc1)S(=O)O. The van der Waals surface area contributed by atoms with Crippen LogP contribution >= 0.6 is 0 Å². The first kappa shape index (κ1) is 10.1. The fourth-order valence-corrected chi connectivity index (χ4v) is 1.65. The van der Waals surface area contributed by atoms with E-state index in [4.69, 9.17) is 4.55 Å². The second-order valence-electron chi connectivity index (χ2n) is 2.51. The summed E-state index contributed by atoms with van der Waals surface area (Å²) in [4.78, 5) is 3.76. The van der Waals surface area contributed by atoms with Crippen LogP contribution < -0.4 is 0 Å². The van der Waals surface area contributed by atoms with Crippen molar-refractivity contribution in [3.63, 3.8) is 0 Å². The van der Waals surface area contributed by atoms with Crippen LogP contribution in [0.25, 0.3) is 0 Å². The minimum Gasteiger partial charge on any atom is -0.305 e. The Bertz CT molecular complexity index is 311. The van der Waals surface area contributed by atoms with Gasteiger partial charge >= 0.3 is 0 Å². The lowest BCUT2D eigenvalue weighted by atomic mass is 10.2. The molecule has 1 aromatic rings. The van der Waals surface area contributed by atoms with Crippen molar-refractivity contribution in [2.45, 2.75) is 5.25 Å². The van der Waals surface area contributed by atoms with E-state index in [2.05, 4.69) is 4.99 Å². The van der Waals surface area contributed by atoms with E-state index < -0.39 is 16.3 Å². The maximum atomic E-state index is 10.9. The lowest BCUT2D eigenvalue weighted by Gasteiger charge is -2.06. The molecule has 13 heavy (non-hydrogen) atoms. The monoisotopic (exact) mass is 197 g/mol. The molecule has 0 saturated carbocycles. The molecule has 3 nitrogen and oxygen atoms in total. The van der Waals surface area contributed by atoms with Gasteiger partial charge in [0.1, 0.15) is 5.25 Å². The third-order valence-corrected chi connectivity index (χ3v) is 2.46. The van der Waals surface area contributed by atoms with Gasteiger partial charge in [-0.1, -0.05) is 30.3 Å². The molecule has 0 radical (unpaired) electrons. The van der Waals surface area contributed by atoms with E-state index in [0.29, 0.717) is 0 Å². The van der Waals surface area contributed by atoms with E-state index in [1.807, 2.05) is 18.2 Å². The predicted octanol–water partition coefficient (Wildman–Crippen LogP) is 1.65. The highest BCUT2D eigenvalue weighted by Crippen LogP contribution is 2.15. The van der Waals surface area contributed by atoms with Crippen LogP contribution in [0.2, 0.25) is 0 Å². The highest BCUT2D eigenvalue weighted by Gasteiger charge is 2.13. The summed E-state index contributed by atoms with van der Waals surface area (Å²) in [7, 11) is 1.59. The fraction of sp³-hybridized carbons (Fsp3) is 0.222. The Morgan fingerprint density at radius 3 is 2.54 bits per heavy atom. The van der Waals surface area contributed by atoms with E-state index >= 15 is 0 Å². The standard InChI is InChI=1S/C9H11NO2S/c1-10-7-9(13(11)12)8-5-3-2-4-6-8/h2-7,9H,1H3,(H,11,12). The van der Waals surface area contributed by atoms with Crippen molar-refractivity contribution in [2.75, 3.05) is 7.05 Å². The average Bonchev–Trinajstić information content (AvgIpc) is 2.15. The van der Waals surface area contributed by atoms with Gasteiger partial charge in [0.2, 0.25) is 0 Å². The average molecular weight is 197 g/mol. The number of nitrogens with zero attached hydrogens (tertiary/aromatic N) is 1. The molecule has 0 saturated heterocycles. The second kappa shape index (κ2) is 4.89. The second-order valence-corrected chi connectivity index (χ2v) is 3.57. The molecular weight excluding hydrogens is 186 g/mol. The van der Waals surface area contributed by atoms with Crippen LogP contribution in [-0.2, 0) is 11.1 Å². The fourth-order valence-electron chi connectivity index (χ4n) is 1.03. The first-order valence-corrected chi connectivity index (χ1v) is 4.99. The van der Waals surface area contributed by atoms with E-state index in [0.717, 1.165) is 5.56 Å². The summed E-state index contributed by atoms with van der Waals surface area (Å²) in [5.74, 6) is 0. The van der Waals surface area contributed by atoms with Gasteiger partial charge in [-0.15, -0.1) is 0 Å². The molecule has 0 aliphatic carbocycles. The number of benzene rings is 1. The molecule has 70 valence electrons. The molecule has 0 aliphatic heterocycles. The van der Waals surface area contributed by atoms with E-state index in [1.54, 1.807) is 19.2 Å². The molecule has 4 heteroatoms. The van der Waals surface area contributed by atoms with Crippen LogP contribution in [0.5, 0.6) is 0 Å². The summed E-state index contributed by atoms with van der Waals surface area (Å²) < 4.78 is 19.9. The molecule has 1 N–H and O–H groups in total. The Kier molecular flexibility index (Phi) is 3.79. The Labute approximate surface area is 79.8 Å². The van der Waals surface area contributed by atoms with Gasteiger partial charge in [-0.2, -0.15) is 0 Å². The molecule has 0 heterocycles. The number of rotatable bonds is 3. The normalized spacial score (nSPS) is 15.8. The van der Waals surface area contributed by atoms with Crippen LogP contribution in [0.3, 0.4) is 0 Å². The zero-order valence-electron chi connectivity index (χ0n) is 7.25. The summed E-state index contributed by atoms with van der Waals surface area (Å²) in [6.07, 6.45) is 1.48. The summed E-state index contributed by atoms with van der Waals surface area (Å²) in [5, 5.41) is -0.522. The molecule has 1 rings (SSSR count). The molecule has 0 aliphatic rings. The minimum atomic E-state index is -1.90. The molecule has 0 fully saturated rings. The quantitative estimate of drug-likeness (QED) is 0.591. The smallest absolute Gasteiger partial charge is 0.166 e. The maximum absolute atomic E-state index is 10.9. The first-order valence-electron chi connectivity index (χ1n) is 3.82. The van der Waals surface area contributed by atoms with Gasteiger partial charge in [-0.3, -0.25) is 4.99 Å². The van der Waals surface area contributed by atoms with Crippen LogP contribution in [0.15, 0.2) is 35.3 Å². The molecular formula is C9H11NO2S. The van der Waals surface area contributed by atoms with Crippen LogP contribution in [0, 0.1) is 0 Å². The number of hydrogen-bond donors (Lipinski definition) is 1. The Balaban J connectivity index is 2.96. The van der Waals surface area contributed by atoms with Crippen LogP contribution in [0.1, 0.15) is 10.8 Å². The first-order chi connectivity index (χ1) is 6.25. The topological polar surface area (TPSA) is 49.7 Å². The lowest BCUT2D eigenvalue weighted by Crippen LogP contribution is -2.06. The molecule has 0 bridgehead atoms. The zero-order chi connectivity index (χ0) is 9.68. The number of hydrogen-bond acceptors (Lipinski definition) is 2. The van der Waals surface area contributed by atoms with E-state index in [1.165, 1.54) is 6.21 Å². The molecule has 2 unspecified atom stereocenters. The van der Waals surface area contributed by atoms with Gasteiger partial charge in [0, 0.05) is 13.3 Å². The predicted molar refractivity (Wildman–Crippen MR) is 54.4 cm³/mol. The van der Waals surface area contributed by atoms with Gasteiger partial charge in [0.05, 0.1) is 0 Å². The number of aliphatic imine (C=N–C) groups is 1. The molecule has 0 spiro atoms. The highest BCUT2D eigenvalue weighted by molar-refractivity contribution is 7.80. The highest BCUT2D eigenvalue weighted by atomic mass is 32.2. The van der Waals surface area contributed by atoms with Crippen LogP contribution in [0.4, 0.5) is 0 Å². The van der Waals surface area contributed by atoms with Crippen molar-refractivity contribution in [3.05, 3.63) is 35.9 Å². The summed E-state index contributed by atoms with van der Waals surface area (Å²) in [6, 6.07) is 9.14. The minimum absolute atomic E-state index is 0.522. The molecule has 2 atom stereocenters. The Morgan fingerprint density at radius 2 is 2.08 bits per heavy atom. The van der Waals surface area contributed by atoms with Crippen molar-refractivity contribution in [3.8, 4) is 0 Å². The largest absolute Gasteiger partial charge is 0.305 e. The summed E-state index contributed by atoms with van der Waals surface area (Å²) in [6.45, 7) is 0. The van der Waals surface area contributed by atoms with Gasteiger partial charge in [0.25, 0.3) is 0 Å². The summed E-state index contributed by atoms with van der Waals surface area (Å²) >= 11 is -1.90. The van der Waals surface area contributed by atoms with E-state index in [-0.39, 0.29) is 0 Å². The molecule has 0 amide bonds. The van der Waals surface area contributed by atoms with Crippen molar-refractivity contribution >= 4 is 17.3 Å². The summed E-state index contributed by atoms with van der Waals surface area (Å²) in [5.41, 5.74) is 0.800. The Hall–Kier alpha value is -1.00. The van der Waals surface area contributed by atoms with Gasteiger partial charge in [0.15, 0.2) is 11.1 Å². The molecule has 0 aromatic heterocycles. The third kappa shape index (κ3) is 2.75. The van der Waals surface area contributed by atoms with Gasteiger partial charge < -0.3 is 4.55 Å². The zero-order valence-corrected chi connectivity index (χ0v) is 8.07. The van der Waals surface area contributed by atoms with Crippen molar-refractivity contribution in [2.24, 2.45) is 4.99 Å². The molecule has 1 aromatic carbocycles. The van der Waals surface area contributed by atoms with Crippen molar-refractivity contribution < 1.29 is 8.76 Å². The van der Waals surface area contributed by atoms with Crippen molar-refractivity contribution in [1.29, 1.82) is 0 Å². The Morgan fingerprint density at radius 1 is 1.46 bits per heavy atom. The maximum Gasteiger partial charge on any atom is 0.166 e. The van der Waals surface area contributed by atoms with E-state index in [9.17, 15) is 4.21 Å². The van der Waals surface area contributed by atoms with Crippen LogP contribution in [-0.4, -0.2) is 22.0 Å². The van der Waals surface area contributed by atoms with Crippen molar-refractivity contribution in [1.82, 2.24) is 0 Å². The lowest BCUT2D eigenvalue weighted by molar-refractivity contribution is 0.560.